The fraction of sp³-hybridized carbons (Fsp3) is 0.294. The van der Waals surface area contributed by atoms with Crippen molar-refractivity contribution in [3.05, 3.63) is 60.6 Å². The van der Waals surface area contributed by atoms with Gasteiger partial charge in [-0.3, -0.25) is 4.98 Å². The van der Waals surface area contributed by atoms with E-state index in [1.165, 1.54) is 6.07 Å². The van der Waals surface area contributed by atoms with Gasteiger partial charge in [0.2, 0.25) is 0 Å². The van der Waals surface area contributed by atoms with E-state index >= 15 is 0 Å². The highest BCUT2D eigenvalue weighted by atomic mass is 19.1. The number of aromatic nitrogens is 3. The molecular weight excluding hydrogens is 279 g/mol. The summed E-state index contributed by atoms with van der Waals surface area (Å²) in [5.74, 6) is 0.241. The minimum atomic E-state index is -0.219. The molecule has 0 aliphatic carbocycles. The number of pyridine rings is 1. The Morgan fingerprint density at radius 1 is 1.32 bits per heavy atom. The summed E-state index contributed by atoms with van der Waals surface area (Å²) in [6.07, 6.45) is 7.30. The van der Waals surface area contributed by atoms with Gasteiger partial charge in [0, 0.05) is 37.1 Å². The van der Waals surface area contributed by atoms with E-state index in [9.17, 15) is 4.39 Å². The predicted octanol–water partition coefficient (Wildman–Crippen LogP) is 3.00. The normalized spacial score (nSPS) is 12.6. The molecular formula is C17H19FN4. The zero-order valence-corrected chi connectivity index (χ0v) is 12.5. The van der Waals surface area contributed by atoms with Crippen molar-refractivity contribution >= 4 is 10.9 Å². The van der Waals surface area contributed by atoms with E-state index < -0.39 is 0 Å². The first-order chi connectivity index (χ1) is 10.7. The van der Waals surface area contributed by atoms with E-state index in [2.05, 4.69) is 26.8 Å². The monoisotopic (exact) mass is 298 g/mol. The highest BCUT2D eigenvalue weighted by Crippen LogP contribution is 2.18. The third-order valence-electron chi connectivity index (χ3n) is 3.64. The molecule has 5 heteroatoms. The molecule has 2 aromatic heterocycles. The molecule has 3 aromatic rings. The molecule has 0 bridgehead atoms. The molecule has 1 atom stereocenters. The third-order valence-corrected chi connectivity index (χ3v) is 3.64. The molecule has 3 rings (SSSR count). The molecule has 2 heterocycles. The minimum Gasteiger partial charge on any atom is -0.337 e. The molecule has 1 unspecified atom stereocenters. The summed E-state index contributed by atoms with van der Waals surface area (Å²) in [6, 6.07) is 6.79. The molecule has 0 amide bonds. The Morgan fingerprint density at radius 3 is 3.05 bits per heavy atom. The van der Waals surface area contributed by atoms with E-state index in [1.54, 1.807) is 18.5 Å². The van der Waals surface area contributed by atoms with Gasteiger partial charge in [0.1, 0.15) is 5.82 Å². The van der Waals surface area contributed by atoms with Crippen LogP contribution in [0.4, 0.5) is 4.39 Å². The van der Waals surface area contributed by atoms with Crippen LogP contribution in [0.5, 0.6) is 0 Å². The number of nitrogens with one attached hydrogen (secondary N) is 1. The second-order valence-electron chi connectivity index (χ2n) is 5.64. The Bertz CT molecular complexity index is 740. The molecule has 4 nitrogen and oxygen atoms in total. The van der Waals surface area contributed by atoms with E-state index in [0.717, 1.165) is 29.6 Å². The van der Waals surface area contributed by atoms with Crippen molar-refractivity contribution < 1.29 is 4.39 Å². The lowest BCUT2D eigenvalue weighted by atomic mass is 10.1. The van der Waals surface area contributed by atoms with Gasteiger partial charge in [0.05, 0.1) is 11.8 Å². The molecule has 0 saturated heterocycles. The Kier molecular flexibility index (Phi) is 4.44. The van der Waals surface area contributed by atoms with Crippen molar-refractivity contribution in [3.8, 4) is 0 Å². The minimum absolute atomic E-state index is 0.219. The SMILES string of the molecule is CC(CNCc1cc(F)cc2cccnc12)Cn1ccnc1. The van der Waals surface area contributed by atoms with Crippen molar-refractivity contribution in [1.82, 2.24) is 19.9 Å². The zero-order chi connectivity index (χ0) is 15.4. The maximum Gasteiger partial charge on any atom is 0.124 e. The van der Waals surface area contributed by atoms with Gasteiger partial charge in [-0.2, -0.15) is 0 Å². The Labute approximate surface area is 129 Å². The van der Waals surface area contributed by atoms with Crippen molar-refractivity contribution in [1.29, 1.82) is 0 Å². The van der Waals surface area contributed by atoms with Crippen LogP contribution in [0.2, 0.25) is 0 Å². The van der Waals surface area contributed by atoms with Crippen LogP contribution in [-0.4, -0.2) is 21.1 Å². The summed E-state index contributed by atoms with van der Waals surface area (Å²) in [6.45, 7) is 4.55. The lowest BCUT2D eigenvalue weighted by Crippen LogP contribution is -2.23. The van der Waals surface area contributed by atoms with E-state index in [-0.39, 0.29) is 5.82 Å². The van der Waals surface area contributed by atoms with Gasteiger partial charge in [-0.25, -0.2) is 9.37 Å². The lowest BCUT2D eigenvalue weighted by molar-refractivity contribution is 0.445. The van der Waals surface area contributed by atoms with Crippen LogP contribution >= 0.6 is 0 Å². The summed E-state index contributed by atoms with van der Waals surface area (Å²) in [7, 11) is 0. The molecule has 0 radical (unpaired) electrons. The fourth-order valence-electron chi connectivity index (χ4n) is 2.63. The van der Waals surface area contributed by atoms with Crippen LogP contribution in [0.1, 0.15) is 12.5 Å². The molecule has 0 aliphatic rings. The van der Waals surface area contributed by atoms with Gasteiger partial charge >= 0.3 is 0 Å². The first-order valence-corrected chi connectivity index (χ1v) is 7.42. The highest BCUT2D eigenvalue weighted by molar-refractivity contribution is 5.81. The van der Waals surface area contributed by atoms with Gasteiger partial charge in [0.15, 0.2) is 0 Å². The molecule has 0 spiro atoms. The summed E-state index contributed by atoms with van der Waals surface area (Å²) < 4.78 is 15.7. The number of benzene rings is 1. The van der Waals surface area contributed by atoms with Gasteiger partial charge in [-0.1, -0.05) is 13.0 Å². The second kappa shape index (κ2) is 6.66. The molecule has 114 valence electrons. The third kappa shape index (κ3) is 3.49. The Hall–Kier alpha value is -2.27. The standard InChI is InChI=1S/C17H19FN4/c1-13(11-22-6-5-19-12-22)9-20-10-15-8-16(18)7-14-3-2-4-21-17(14)15/h2-8,12-13,20H,9-11H2,1H3. The topological polar surface area (TPSA) is 42.7 Å². The van der Waals surface area contributed by atoms with Crippen LogP contribution in [0.15, 0.2) is 49.2 Å². The second-order valence-corrected chi connectivity index (χ2v) is 5.64. The molecule has 22 heavy (non-hydrogen) atoms. The van der Waals surface area contributed by atoms with Crippen molar-refractivity contribution in [2.75, 3.05) is 6.54 Å². The largest absolute Gasteiger partial charge is 0.337 e. The quantitative estimate of drug-likeness (QED) is 0.761. The van der Waals surface area contributed by atoms with Crippen molar-refractivity contribution in [2.24, 2.45) is 5.92 Å². The van der Waals surface area contributed by atoms with Gasteiger partial charge in [-0.05, 0) is 36.2 Å². The Balaban J connectivity index is 1.62. The zero-order valence-electron chi connectivity index (χ0n) is 12.5. The fourth-order valence-corrected chi connectivity index (χ4v) is 2.63. The molecule has 1 N–H and O–H groups in total. The van der Waals surface area contributed by atoms with Crippen molar-refractivity contribution in [2.45, 2.75) is 20.0 Å². The smallest absolute Gasteiger partial charge is 0.124 e. The number of nitrogens with zero attached hydrogens (tertiary/aromatic N) is 3. The highest BCUT2D eigenvalue weighted by Gasteiger charge is 2.07. The number of imidazole rings is 1. The maximum atomic E-state index is 13.7. The summed E-state index contributed by atoms with van der Waals surface area (Å²) in [4.78, 5) is 8.40. The average molecular weight is 298 g/mol. The summed E-state index contributed by atoms with van der Waals surface area (Å²) >= 11 is 0. The number of halogens is 1. The molecule has 0 saturated carbocycles. The predicted molar refractivity (Wildman–Crippen MR) is 84.8 cm³/mol. The first kappa shape index (κ1) is 14.7. The number of rotatable bonds is 6. The van der Waals surface area contributed by atoms with Gasteiger partial charge in [-0.15, -0.1) is 0 Å². The average Bonchev–Trinajstić information content (AvgIpc) is 3.00. The van der Waals surface area contributed by atoms with Gasteiger partial charge < -0.3 is 9.88 Å². The van der Waals surface area contributed by atoms with Crippen LogP contribution in [0.25, 0.3) is 10.9 Å². The van der Waals surface area contributed by atoms with E-state index in [0.29, 0.717) is 12.5 Å². The lowest BCUT2D eigenvalue weighted by Gasteiger charge is -2.14. The number of hydrogen-bond donors (Lipinski definition) is 1. The van der Waals surface area contributed by atoms with E-state index in [1.807, 2.05) is 24.7 Å². The number of hydrogen-bond acceptors (Lipinski definition) is 3. The van der Waals surface area contributed by atoms with E-state index in [4.69, 9.17) is 0 Å². The van der Waals surface area contributed by atoms with Crippen LogP contribution in [0, 0.1) is 11.7 Å². The first-order valence-electron chi connectivity index (χ1n) is 7.42. The molecule has 1 aromatic carbocycles. The van der Waals surface area contributed by atoms with Crippen LogP contribution < -0.4 is 5.32 Å². The Morgan fingerprint density at radius 2 is 2.23 bits per heavy atom. The van der Waals surface area contributed by atoms with Gasteiger partial charge in [0.25, 0.3) is 0 Å². The molecule has 0 aliphatic heterocycles. The van der Waals surface area contributed by atoms with Crippen LogP contribution in [0.3, 0.4) is 0 Å². The number of fused-ring (bicyclic) bond motifs is 1. The van der Waals surface area contributed by atoms with Crippen LogP contribution in [-0.2, 0) is 13.1 Å². The summed E-state index contributed by atoms with van der Waals surface area (Å²) in [5, 5.41) is 4.23. The van der Waals surface area contributed by atoms with Crippen molar-refractivity contribution in [3.63, 3.8) is 0 Å². The molecule has 0 fully saturated rings. The maximum absolute atomic E-state index is 13.7. The summed E-state index contributed by atoms with van der Waals surface area (Å²) in [5.41, 5.74) is 1.75.